The van der Waals surface area contributed by atoms with Gasteiger partial charge in [-0.3, -0.25) is 14.2 Å². The van der Waals surface area contributed by atoms with E-state index < -0.39 is 0 Å². The number of aromatic amines is 1. The number of aliphatic hydroxyl groups is 1. The number of nitrogens with one attached hydrogen (secondary N) is 1. The highest BCUT2D eigenvalue weighted by Crippen LogP contribution is 2.19. The molecule has 3 rings (SSSR count). The Hall–Kier alpha value is -2.77. The first-order valence-corrected chi connectivity index (χ1v) is 10.6. The van der Waals surface area contributed by atoms with Gasteiger partial charge >= 0.3 is 0 Å². The first-order valence-electron chi connectivity index (χ1n) is 10.1. The molecule has 3 aromatic rings. The Balaban J connectivity index is 2.09. The highest BCUT2D eigenvalue weighted by atomic mass is 32.1. The molecule has 1 heterocycles. The molecule has 6 nitrogen and oxygen atoms in total. The highest BCUT2D eigenvalue weighted by molar-refractivity contribution is 7.71. The van der Waals surface area contributed by atoms with Crippen molar-refractivity contribution in [3.05, 3.63) is 68.2 Å². The van der Waals surface area contributed by atoms with Crippen molar-refractivity contribution in [2.45, 2.75) is 33.6 Å². The van der Waals surface area contributed by atoms with Crippen LogP contribution < -0.4 is 5.56 Å². The van der Waals surface area contributed by atoms with Crippen LogP contribution in [0, 0.1) is 18.6 Å². The predicted molar refractivity (Wildman–Crippen MR) is 122 cm³/mol. The average Bonchev–Trinajstić information content (AvgIpc) is 2.73. The lowest BCUT2D eigenvalue weighted by Crippen LogP contribution is -2.34. The highest BCUT2D eigenvalue weighted by Gasteiger charge is 2.17. The molecule has 30 heavy (non-hydrogen) atoms. The number of carbonyl (C=O) groups excluding carboxylic acids is 1. The summed E-state index contributed by atoms with van der Waals surface area (Å²) in [5, 5.41) is 9.76. The van der Waals surface area contributed by atoms with E-state index in [9.17, 15) is 14.7 Å². The number of rotatable bonds is 7. The van der Waals surface area contributed by atoms with Gasteiger partial charge in [0.1, 0.15) is 0 Å². The Bertz CT molecular complexity index is 1200. The van der Waals surface area contributed by atoms with Crippen molar-refractivity contribution in [3.8, 4) is 5.69 Å². The number of aromatic nitrogens is 2. The second-order valence-corrected chi connectivity index (χ2v) is 7.81. The maximum Gasteiger partial charge on any atom is 0.266 e. The van der Waals surface area contributed by atoms with Crippen LogP contribution in [0.15, 0.2) is 41.2 Å². The van der Waals surface area contributed by atoms with E-state index in [0.29, 0.717) is 23.0 Å². The molecule has 7 heteroatoms. The van der Waals surface area contributed by atoms with Crippen LogP contribution in [-0.4, -0.2) is 45.2 Å². The normalized spacial score (nSPS) is 11.1. The Morgan fingerprint density at radius 1 is 1.20 bits per heavy atom. The zero-order valence-electron chi connectivity index (χ0n) is 17.6. The van der Waals surface area contributed by atoms with Gasteiger partial charge in [0, 0.05) is 18.7 Å². The van der Waals surface area contributed by atoms with E-state index in [2.05, 4.69) is 11.9 Å². The molecule has 0 saturated carbocycles. The minimum absolute atomic E-state index is 0.0912. The number of carbonyl (C=O) groups is 1. The Morgan fingerprint density at radius 3 is 2.67 bits per heavy atom. The molecule has 0 unspecified atom stereocenters. The molecule has 0 aliphatic heterocycles. The summed E-state index contributed by atoms with van der Waals surface area (Å²) in [4.78, 5) is 30.9. The third-order valence-electron chi connectivity index (χ3n) is 5.40. The van der Waals surface area contributed by atoms with Crippen molar-refractivity contribution in [2.75, 3.05) is 19.7 Å². The van der Waals surface area contributed by atoms with E-state index in [0.717, 1.165) is 29.7 Å². The number of fused-ring (bicyclic) bond motifs is 1. The van der Waals surface area contributed by atoms with Gasteiger partial charge in [0.2, 0.25) is 0 Å². The summed E-state index contributed by atoms with van der Waals surface area (Å²) in [7, 11) is 0. The van der Waals surface area contributed by atoms with Crippen molar-refractivity contribution in [2.24, 2.45) is 0 Å². The number of unbranched alkanes of at least 4 members (excludes halogenated alkanes) is 1. The first-order chi connectivity index (χ1) is 14.4. The van der Waals surface area contributed by atoms with Crippen LogP contribution in [0.5, 0.6) is 0 Å². The average molecular weight is 426 g/mol. The molecule has 0 fully saturated rings. The monoisotopic (exact) mass is 425 g/mol. The van der Waals surface area contributed by atoms with E-state index in [1.165, 1.54) is 4.57 Å². The fourth-order valence-corrected chi connectivity index (χ4v) is 3.81. The smallest absolute Gasteiger partial charge is 0.266 e. The first kappa shape index (κ1) is 21.9. The van der Waals surface area contributed by atoms with Crippen LogP contribution in [0.4, 0.5) is 0 Å². The zero-order chi connectivity index (χ0) is 21.8. The Labute approximate surface area is 180 Å². The van der Waals surface area contributed by atoms with Crippen molar-refractivity contribution in [3.63, 3.8) is 0 Å². The zero-order valence-corrected chi connectivity index (χ0v) is 18.4. The summed E-state index contributed by atoms with van der Waals surface area (Å²) in [6.45, 7) is 6.78. The van der Waals surface area contributed by atoms with Gasteiger partial charge < -0.3 is 15.0 Å². The Morgan fingerprint density at radius 2 is 1.97 bits per heavy atom. The largest absolute Gasteiger partial charge is 0.395 e. The molecular formula is C23H27N3O3S. The standard InChI is InChI=1S/C23H27N3O3S/c1-4-5-11-25(12-13-27)21(28)17-9-10-18-19(14-17)24-23(30)26(22(18)29)20-8-6-7-15(2)16(20)3/h6-10,14,27H,4-5,11-13H2,1-3H3,(H,24,30). The van der Waals surface area contributed by atoms with Crippen molar-refractivity contribution < 1.29 is 9.90 Å². The number of hydrogen-bond donors (Lipinski definition) is 2. The van der Waals surface area contributed by atoms with Crippen molar-refractivity contribution in [1.82, 2.24) is 14.5 Å². The van der Waals surface area contributed by atoms with Gasteiger partial charge in [-0.25, -0.2) is 0 Å². The van der Waals surface area contributed by atoms with Gasteiger partial charge in [-0.1, -0.05) is 25.5 Å². The van der Waals surface area contributed by atoms with Crippen molar-refractivity contribution >= 4 is 29.0 Å². The molecule has 0 aliphatic carbocycles. The summed E-state index contributed by atoms with van der Waals surface area (Å²) in [6, 6.07) is 10.8. The molecule has 2 aromatic carbocycles. The molecular weight excluding hydrogens is 398 g/mol. The van der Waals surface area contributed by atoms with Gasteiger partial charge in [-0.2, -0.15) is 0 Å². The number of nitrogens with zero attached hydrogens (tertiary/aromatic N) is 2. The van der Waals surface area contributed by atoms with E-state index in [1.54, 1.807) is 23.1 Å². The second-order valence-electron chi connectivity index (χ2n) is 7.42. The lowest BCUT2D eigenvalue weighted by atomic mass is 10.1. The van der Waals surface area contributed by atoms with Gasteiger partial charge in [-0.05, 0) is 67.9 Å². The minimum atomic E-state index is -0.223. The fraction of sp³-hybridized carbons (Fsp3) is 0.348. The summed E-state index contributed by atoms with van der Waals surface area (Å²) >= 11 is 5.49. The van der Waals surface area contributed by atoms with Crippen LogP contribution >= 0.6 is 12.2 Å². The lowest BCUT2D eigenvalue weighted by Gasteiger charge is -2.21. The third kappa shape index (κ3) is 4.22. The molecule has 1 amide bonds. The van der Waals surface area contributed by atoms with Gasteiger partial charge in [0.05, 0.1) is 23.2 Å². The predicted octanol–water partition coefficient (Wildman–Crippen LogP) is 3.90. The van der Waals surface area contributed by atoms with E-state index in [-0.39, 0.29) is 29.4 Å². The van der Waals surface area contributed by atoms with Crippen LogP contribution in [0.1, 0.15) is 41.3 Å². The van der Waals surface area contributed by atoms with E-state index >= 15 is 0 Å². The number of H-pyrrole nitrogens is 1. The molecule has 0 atom stereocenters. The molecule has 1 aromatic heterocycles. The lowest BCUT2D eigenvalue weighted by molar-refractivity contribution is 0.0719. The third-order valence-corrected chi connectivity index (χ3v) is 5.69. The molecule has 0 spiro atoms. The van der Waals surface area contributed by atoms with Crippen LogP contribution in [-0.2, 0) is 0 Å². The maximum atomic E-state index is 13.2. The van der Waals surface area contributed by atoms with Crippen LogP contribution in [0.25, 0.3) is 16.6 Å². The fourth-order valence-electron chi connectivity index (χ4n) is 3.51. The van der Waals surface area contributed by atoms with Crippen LogP contribution in [0.3, 0.4) is 0 Å². The molecule has 158 valence electrons. The van der Waals surface area contributed by atoms with Crippen LogP contribution in [0.2, 0.25) is 0 Å². The number of amides is 1. The molecule has 0 saturated heterocycles. The molecule has 0 bridgehead atoms. The minimum Gasteiger partial charge on any atom is -0.395 e. The van der Waals surface area contributed by atoms with E-state index in [4.69, 9.17) is 12.2 Å². The summed E-state index contributed by atoms with van der Waals surface area (Å²) in [5.74, 6) is -0.169. The van der Waals surface area contributed by atoms with Crippen molar-refractivity contribution in [1.29, 1.82) is 0 Å². The molecule has 0 aliphatic rings. The maximum absolute atomic E-state index is 13.2. The van der Waals surface area contributed by atoms with Gasteiger partial charge in [0.25, 0.3) is 11.5 Å². The number of benzene rings is 2. The number of hydrogen-bond acceptors (Lipinski definition) is 4. The molecule has 2 N–H and O–H groups in total. The summed E-state index contributed by atoms with van der Waals surface area (Å²) in [6.07, 6.45) is 1.82. The summed E-state index contributed by atoms with van der Waals surface area (Å²) < 4.78 is 1.78. The van der Waals surface area contributed by atoms with E-state index in [1.807, 2.05) is 32.0 Å². The SMILES string of the molecule is CCCCN(CCO)C(=O)c1ccc2c(=O)n(-c3cccc(C)c3C)c(=S)[nH]c2c1. The number of aryl methyl sites for hydroxylation is 1. The second kappa shape index (κ2) is 9.36. The topological polar surface area (TPSA) is 78.3 Å². The van der Waals surface area contributed by atoms with Gasteiger partial charge in [0.15, 0.2) is 4.77 Å². The molecule has 0 radical (unpaired) electrons. The van der Waals surface area contributed by atoms with Gasteiger partial charge in [-0.15, -0.1) is 0 Å². The number of aliphatic hydroxyl groups excluding tert-OH is 1. The summed E-state index contributed by atoms with van der Waals surface area (Å²) in [5.41, 5.74) is 3.57. The Kier molecular flexibility index (Phi) is 6.84. The quantitative estimate of drug-likeness (QED) is 0.563.